The van der Waals surface area contributed by atoms with Crippen molar-refractivity contribution in [2.24, 2.45) is 5.92 Å². The third-order valence-electron chi connectivity index (χ3n) is 4.71. The van der Waals surface area contributed by atoms with Gasteiger partial charge in [-0.15, -0.1) is 0 Å². The van der Waals surface area contributed by atoms with Crippen LogP contribution in [0.1, 0.15) is 36.2 Å². The minimum atomic E-state index is -3.44. The molecule has 1 aliphatic rings. The molecular weight excluding hydrogens is 328 g/mol. The smallest absolute Gasteiger partial charge is 0.329 e. The molecule has 25 heavy (non-hydrogen) atoms. The number of anilines is 1. The first kappa shape index (κ1) is 17.5. The summed E-state index contributed by atoms with van der Waals surface area (Å²) >= 11 is 0. The van der Waals surface area contributed by atoms with E-state index in [-0.39, 0.29) is 25.6 Å². The van der Waals surface area contributed by atoms with Gasteiger partial charge in [0.05, 0.1) is 24.5 Å². The second kappa shape index (κ2) is 6.92. The summed E-state index contributed by atoms with van der Waals surface area (Å²) in [6.07, 6.45) is 1.84. The van der Waals surface area contributed by atoms with Crippen molar-refractivity contribution in [3.8, 4) is 0 Å². The summed E-state index contributed by atoms with van der Waals surface area (Å²) < 4.78 is 33.2. The minimum absolute atomic E-state index is 0.0829. The van der Waals surface area contributed by atoms with Crippen molar-refractivity contribution < 1.29 is 18.3 Å². The Morgan fingerprint density at radius 1 is 1.40 bits per heavy atom. The third-order valence-corrected chi connectivity index (χ3v) is 4.71. The lowest BCUT2D eigenvalue weighted by Gasteiger charge is -2.21. The molecule has 134 valence electrons. The van der Waals surface area contributed by atoms with Crippen molar-refractivity contribution in [1.82, 2.24) is 9.97 Å². The molecule has 3 rings (SSSR count). The number of rotatable bonds is 5. The number of hydrogen-bond acceptors (Lipinski definition) is 3. The van der Waals surface area contributed by atoms with E-state index in [0.29, 0.717) is 5.69 Å². The number of nitrogens with zero attached hydrogens (tertiary/aromatic N) is 1. The van der Waals surface area contributed by atoms with Crippen LogP contribution >= 0.6 is 0 Å². The van der Waals surface area contributed by atoms with E-state index in [1.54, 1.807) is 18.5 Å². The van der Waals surface area contributed by atoms with E-state index >= 15 is 0 Å². The SMILES string of the molecule is Cc1nc[nH]c1[C@@H](C)c1ccc(NC(=O)C(F)(F)[C@H]2CCOC2)cc1. The molecule has 2 aromatic rings. The molecule has 1 aromatic heterocycles. The summed E-state index contributed by atoms with van der Waals surface area (Å²) in [4.78, 5) is 19.2. The maximum Gasteiger partial charge on any atom is 0.329 e. The minimum Gasteiger partial charge on any atom is -0.381 e. The molecule has 2 heterocycles. The van der Waals surface area contributed by atoms with Crippen LogP contribution in [0.25, 0.3) is 0 Å². The molecule has 0 bridgehead atoms. The van der Waals surface area contributed by atoms with Crippen LogP contribution in [0.2, 0.25) is 0 Å². The summed E-state index contributed by atoms with van der Waals surface area (Å²) in [5.41, 5.74) is 3.27. The number of imidazole rings is 1. The lowest BCUT2D eigenvalue weighted by molar-refractivity contribution is -0.147. The highest BCUT2D eigenvalue weighted by Gasteiger charge is 2.48. The number of nitrogens with one attached hydrogen (secondary N) is 2. The number of aromatic amines is 1. The number of hydrogen-bond donors (Lipinski definition) is 2. The summed E-state index contributed by atoms with van der Waals surface area (Å²) in [5.74, 6) is -5.69. The van der Waals surface area contributed by atoms with Crippen LogP contribution in [0.15, 0.2) is 30.6 Å². The molecule has 0 radical (unpaired) electrons. The number of halogens is 2. The lowest BCUT2D eigenvalue weighted by atomic mass is 9.96. The molecular formula is C18H21F2N3O2. The molecule has 1 saturated heterocycles. The fourth-order valence-electron chi connectivity index (χ4n) is 3.05. The Bertz CT molecular complexity index is 737. The summed E-state index contributed by atoms with van der Waals surface area (Å²) in [5, 5.41) is 2.31. The highest BCUT2D eigenvalue weighted by Crippen LogP contribution is 2.32. The number of alkyl halides is 2. The lowest BCUT2D eigenvalue weighted by Crippen LogP contribution is -2.41. The van der Waals surface area contributed by atoms with Crippen molar-refractivity contribution in [2.75, 3.05) is 18.5 Å². The molecule has 1 aliphatic heterocycles. The van der Waals surface area contributed by atoms with Crippen LogP contribution in [0, 0.1) is 12.8 Å². The zero-order chi connectivity index (χ0) is 18.0. The Morgan fingerprint density at radius 3 is 2.68 bits per heavy atom. The van der Waals surface area contributed by atoms with Gasteiger partial charge in [0.25, 0.3) is 5.91 Å². The Balaban J connectivity index is 1.68. The Kier molecular flexibility index (Phi) is 4.85. The van der Waals surface area contributed by atoms with Gasteiger partial charge >= 0.3 is 5.92 Å². The van der Waals surface area contributed by atoms with Crippen LogP contribution in [-0.2, 0) is 9.53 Å². The fourth-order valence-corrected chi connectivity index (χ4v) is 3.05. The summed E-state index contributed by atoms with van der Waals surface area (Å²) in [7, 11) is 0. The van der Waals surface area contributed by atoms with Crippen LogP contribution in [0.4, 0.5) is 14.5 Å². The standard InChI is InChI=1S/C18H21F2N3O2/c1-11(16-12(2)21-10-22-16)13-3-5-15(6-4-13)23-17(24)18(19,20)14-7-8-25-9-14/h3-6,10-11,14H,7-9H2,1-2H3,(H,21,22)(H,23,24)/t11-,14-/m0/s1. The maximum absolute atomic E-state index is 14.1. The van der Waals surface area contributed by atoms with Crippen molar-refractivity contribution in [3.63, 3.8) is 0 Å². The van der Waals surface area contributed by atoms with Crippen molar-refractivity contribution in [1.29, 1.82) is 0 Å². The predicted molar refractivity (Wildman–Crippen MR) is 89.8 cm³/mol. The van der Waals surface area contributed by atoms with Crippen molar-refractivity contribution in [2.45, 2.75) is 32.1 Å². The third kappa shape index (κ3) is 3.56. The van der Waals surface area contributed by atoms with E-state index in [2.05, 4.69) is 15.3 Å². The maximum atomic E-state index is 14.1. The Hall–Kier alpha value is -2.28. The average Bonchev–Trinajstić information content (AvgIpc) is 3.26. The molecule has 1 amide bonds. The number of aromatic nitrogens is 2. The van der Waals surface area contributed by atoms with Gasteiger partial charge in [-0.05, 0) is 31.0 Å². The van der Waals surface area contributed by atoms with Gasteiger partial charge in [0.15, 0.2) is 0 Å². The van der Waals surface area contributed by atoms with Gasteiger partial charge in [0, 0.05) is 23.9 Å². The van der Waals surface area contributed by atoms with Crippen LogP contribution < -0.4 is 5.32 Å². The summed E-state index contributed by atoms with van der Waals surface area (Å²) in [6.45, 7) is 4.14. The highest BCUT2D eigenvalue weighted by atomic mass is 19.3. The number of carbonyl (C=O) groups is 1. The molecule has 0 aliphatic carbocycles. The van der Waals surface area contributed by atoms with Gasteiger partial charge in [-0.3, -0.25) is 4.79 Å². The van der Waals surface area contributed by atoms with E-state index < -0.39 is 17.7 Å². The van der Waals surface area contributed by atoms with Gasteiger partial charge in [0.2, 0.25) is 0 Å². The number of aryl methyl sites for hydroxylation is 1. The monoisotopic (exact) mass is 349 g/mol. The van der Waals surface area contributed by atoms with Gasteiger partial charge < -0.3 is 15.0 Å². The zero-order valence-corrected chi connectivity index (χ0v) is 14.2. The van der Waals surface area contributed by atoms with Gasteiger partial charge in [-0.1, -0.05) is 19.1 Å². The number of benzene rings is 1. The number of amides is 1. The van der Waals surface area contributed by atoms with Gasteiger partial charge in [0.1, 0.15) is 0 Å². The molecule has 5 nitrogen and oxygen atoms in total. The predicted octanol–water partition coefficient (Wildman–Crippen LogP) is 3.48. The molecule has 7 heteroatoms. The van der Waals surface area contributed by atoms with Gasteiger partial charge in [-0.2, -0.15) is 8.78 Å². The van der Waals surface area contributed by atoms with E-state index in [9.17, 15) is 13.6 Å². The van der Waals surface area contributed by atoms with Gasteiger partial charge in [-0.25, -0.2) is 4.98 Å². The van der Waals surface area contributed by atoms with E-state index in [0.717, 1.165) is 17.0 Å². The number of carbonyl (C=O) groups excluding carboxylic acids is 1. The molecule has 2 atom stereocenters. The zero-order valence-electron chi connectivity index (χ0n) is 14.2. The van der Waals surface area contributed by atoms with E-state index in [4.69, 9.17) is 4.74 Å². The first-order chi connectivity index (χ1) is 11.9. The first-order valence-electron chi connectivity index (χ1n) is 8.26. The Morgan fingerprint density at radius 2 is 2.12 bits per heavy atom. The highest BCUT2D eigenvalue weighted by molar-refractivity contribution is 5.96. The van der Waals surface area contributed by atoms with Crippen LogP contribution in [0.5, 0.6) is 0 Å². The first-order valence-corrected chi connectivity index (χ1v) is 8.26. The molecule has 2 N–H and O–H groups in total. The molecule has 1 aromatic carbocycles. The van der Waals surface area contributed by atoms with Crippen LogP contribution in [0.3, 0.4) is 0 Å². The quantitative estimate of drug-likeness (QED) is 0.868. The molecule has 0 saturated carbocycles. The van der Waals surface area contributed by atoms with Crippen molar-refractivity contribution >= 4 is 11.6 Å². The second-order valence-electron chi connectivity index (χ2n) is 6.38. The van der Waals surface area contributed by atoms with E-state index in [1.807, 2.05) is 26.0 Å². The molecule has 1 fully saturated rings. The van der Waals surface area contributed by atoms with E-state index in [1.165, 1.54) is 0 Å². The molecule has 0 unspecified atom stereocenters. The largest absolute Gasteiger partial charge is 0.381 e. The number of H-pyrrole nitrogens is 1. The Labute approximate surface area is 144 Å². The van der Waals surface area contributed by atoms with Crippen LogP contribution in [-0.4, -0.2) is 35.0 Å². The number of ether oxygens (including phenoxy) is 1. The fraction of sp³-hybridized carbons (Fsp3) is 0.444. The van der Waals surface area contributed by atoms with Crippen molar-refractivity contribution in [3.05, 3.63) is 47.5 Å². The normalized spacial score (nSPS) is 19.0. The average molecular weight is 349 g/mol. The molecule has 0 spiro atoms. The second-order valence-corrected chi connectivity index (χ2v) is 6.38. The topological polar surface area (TPSA) is 67.0 Å². The summed E-state index contributed by atoms with van der Waals surface area (Å²) in [6, 6.07) is 6.90.